The summed E-state index contributed by atoms with van der Waals surface area (Å²) in [5, 5.41) is 0. The van der Waals surface area contributed by atoms with Gasteiger partial charge in [0.2, 0.25) is 0 Å². The van der Waals surface area contributed by atoms with E-state index in [0.717, 1.165) is 17.9 Å². The lowest BCUT2D eigenvalue weighted by Gasteiger charge is -2.28. The second-order valence-corrected chi connectivity index (χ2v) is 3.35. The first-order valence-electron chi connectivity index (χ1n) is 4.26. The highest BCUT2D eigenvalue weighted by Gasteiger charge is 2.23. The Morgan fingerprint density at radius 3 is 3.00 bits per heavy atom. The van der Waals surface area contributed by atoms with Crippen LogP contribution >= 0.6 is 0 Å². The summed E-state index contributed by atoms with van der Waals surface area (Å²) in [6, 6.07) is 8.12. The van der Waals surface area contributed by atoms with Crippen LogP contribution in [0.3, 0.4) is 0 Å². The summed E-state index contributed by atoms with van der Waals surface area (Å²) in [4.78, 5) is 0. The van der Waals surface area contributed by atoms with Gasteiger partial charge in [0, 0.05) is 17.5 Å². The van der Waals surface area contributed by atoms with Crippen molar-refractivity contribution in [3.05, 3.63) is 29.8 Å². The molecule has 0 radical (unpaired) electrons. The van der Waals surface area contributed by atoms with E-state index in [1.54, 1.807) is 0 Å². The molecule has 12 heavy (non-hydrogen) atoms. The molecule has 2 rings (SSSR count). The van der Waals surface area contributed by atoms with Gasteiger partial charge < -0.3 is 10.5 Å². The normalized spacial score (nSPS) is 27.5. The Labute approximate surface area is 72.3 Å². The molecule has 1 aromatic carbocycles. The quantitative estimate of drug-likeness (QED) is 0.632. The van der Waals surface area contributed by atoms with Crippen LogP contribution in [0.25, 0.3) is 0 Å². The van der Waals surface area contributed by atoms with E-state index in [9.17, 15) is 0 Å². The minimum Gasteiger partial charge on any atom is -0.493 e. The molecular formula is C10H13NO. The Morgan fingerprint density at radius 1 is 1.42 bits per heavy atom. The van der Waals surface area contributed by atoms with Crippen molar-refractivity contribution in [3.63, 3.8) is 0 Å². The Morgan fingerprint density at radius 2 is 2.17 bits per heavy atom. The monoisotopic (exact) mass is 163 g/mol. The predicted molar refractivity (Wildman–Crippen MR) is 48.0 cm³/mol. The van der Waals surface area contributed by atoms with Gasteiger partial charge in [-0.1, -0.05) is 25.1 Å². The van der Waals surface area contributed by atoms with Crippen LogP contribution in [0.4, 0.5) is 0 Å². The van der Waals surface area contributed by atoms with E-state index >= 15 is 0 Å². The Kier molecular flexibility index (Phi) is 1.77. The highest BCUT2D eigenvalue weighted by atomic mass is 16.5. The lowest BCUT2D eigenvalue weighted by molar-refractivity contribution is 0.207. The van der Waals surface area contributed by atoms with E-state index in [1.165, 1.54) is 0 Å². The summed E-state index contributed by atoms with van der Waals surface area (Å²) in [6.45, 7) is 2.85. The molecule has 2 N–H and O–H groups in total. The number of ether oxygens (including phenoxy) is 1. The zero-order chi connectivity index (χ0) is 8.55. The first-order chi connectivity index (χ1) is 5.79. The van der Waals surface area contributed by atoms with Crippen molar-refractivity contribution in [3.8, 4) is 5.75 Å². The summed E-state index contributed by atoms with van der Waals surface area (Å²) in [6.07, 6.45) is 0. The zero-order valence-corrected chi connectivity index (χ0v) is 7.16. The average Bonchev–Trinajstić information content (AvgIpc) is 2.12. The molecule has 1 aromatic rings. The average molecular weight is 163 g/mol. The lowest BCUT2D eigenvalue weighted by Crippen LogP contribution is -2.29. The largest absolute Gasteiger partial charge is 0.493 e. The first-order valence-corrected chi connectivity index (χ1v) is 4.26. The smallest absolute Gasteiger partial charge is 0.124 e. The molecule has 1 heterocycles. The third-order valence-corrected chi connectivity index (χ3v) is 2.39. The van der Waals surface area contributed by atoms with Crippen LogP contribution in [0.2, 0.25) is 0 Å². The van der Waals surface area contributed by atoms with Crippen LogP contribution in [-0.4, -0.2) is 6.61 Å². The molecule has 0 saturated carbocycles. The van der Waals surface area contributed by atoms with E-state index in [-0.39, 0.29) is 6.04 Å². The van der Waals surface area contributed by atoms with Gasteiger partial charge in [0.15, 0.2) is 0 Å². The molecule has 1 aliphatic heterocycles. The minimum absolute atomic E-state index is 0.134. The topological polar surface area (TPSA) is 35.2 Å². The summed E-state index contributed by atoms with van der Waals surface area (Å²) >= 11 is 0. The van der Waals surface area contributed by atoms with Crippen LogP contribution in [0.15, 0.2) is 24.3 Å². The SMILES string of the molecule is CC1COc2ccccc2C1N. The van der Waals surface area contributed by atoms with Gasteiger partial charge in [-0.15, -0.1) is 0 Å². The number of benzene rings is 1. The van der Waals surface area contributed by atoms with E-state index in [0.29, 0.717) is 5.92 Å². The highest BCUT2D eigenvalue weighted by molar-refractivity contribution is 5.37. The molecule has 64 valence electrons. The molecule has 0 spiro atoms. The predicted octanol–water partition coefficient (Wildman–Crippen LogP) is 1.71. The minimum atomic E-state index is 0.134. The van der Waals surface area contributed by atoms with E-state index in [2.05, 4.69) is 6.92 Å². The third-order valence-electron chi connectivity index (χ3n) is 2.39. The zero-order valence-electron chi connectivity index (χ0n) is 7.16. The fourth-order valence-corrected chi connectivity index (χ4v) is 1.52. The molecule has 2 heteroatoms. The fourth-order valence-electron chi connectivity index (χ4n) is 1.52. The maximum Gasteiger partial charge on any atom is 0.124 e. The standard InChI is InChI=1S/C10H13NO/c1-7-6-12-9-5-3-2-4-8(9)10(7)11/h2-5,7,10H,6,11H2,1H3. The summed E-state index contributed by atoms with van der Waals surface area (Å²) in [5.74, 6) is 1.36. The summed E-state index contributed by atoms with van der Waals surface area (Å²) in [5.41, 5.74) is 7.15. The van der Waals surface area contributed by atoms with E-state index < -0.39 is 0 Å². The van der Waals surface area contributed by atoms with Crippen LogP contribution in [0.5, 0.6) is 5.75 Å². The van der Waals surface area contributed by atoms with Crippen molar-refractivity contribution in [2.75, 3.05) is 6.61 Å². The van der Waals surface area contributed by atoms with Crippen molar-refractivity contribution in [2.24, 2.45) is 11.7 Å². The highest BCUT2D eigenvalue weighted by Crippen LogP contribution is 2.32. The molecule has 2 atom stereocenters. The summed E-state index contributed by atoms with van der Waals surface area (Å²) < 4.78 is 5.53. The van der Waals surface area contributed by atoms with Gasteiger partial charge in [-0.2, -0.15) is 0 Å². The second kappa shape index (κ2) is 2.79. The molecule has 0 fully saturated rings. The maximum atomic E-state index is 6.01. The molecule has 0 aromatic heterocycles. The van der Waals surface area contributed by atoms with Gasteiger partial charge >= 0.3 is 0 Å². The van der Waals surface area contributed by atoms with Crippen molar-refractivity contribution >= 4 is 0 Å². The van der Waals surface area contributed by atoms with Gasteiger partial charge in [0.1, 0.15) is 5.75 Å². The number of hydrogen-bond acceptors (Lipinski definition) is 2. The third kappa shape index (κ3) is 1.08. The number of fused-ring (bicyclic) bond motifs is 1. The fraction of sp³-hybridized carbons (Fsp3) is 0.400. The Bertz CT molecular complexity index is 285. The second-order valence-electron chi connectivity index (χ2n) is 3.35. The van der Waals surface area contributed by atoms with Crippen molar-refractivity contribution in [1.82, 2.24) is 0 Å². The number of nitrogens with two attached hydrogens (primary N) is 1. The molecule has 0 aliphatic carbocycles. The van der Waals surface area contributed by atoms with Crippen molar-refractivity contribution in [1.29, 1.82) is 0 Å². The van der Waals surface area contributed by atoms with Gasteiger partial charge in [-0.25, -0.2) is 0 Å². The van der Waals surface area contributed by atoms with Crippen LogP contribution < -0.4 is 10.5 Å². The molecule has 0 amide bonds. The lowest BCUT2D eigenvalue weighted by atomic mass is 9.93. The molecule has 1 aliphatic rings. The van der Waals surface area contributed by atoms with Crippen LogP contribution in [-0.2, 0) is 0 Å². The molecule has 0 bridgehead atoms. The Balaban J connectivity index is 2.42. The van der Waals surface area contributed by atoms with Gasteiger partial charge in [-0.3, -0.25) is 0 Å². The van der Waals surface area contributed by atoms with Gasteiger partial charge in [0.05, 0.1) is 6.61 Å². The molecule has 2 nitrogen and oxygen atoms in total. The summed E-state index contributed by atoms with van der Waals surface area (Å²) in [7, 11) is 0. The maximum absolute atomic E-state index is 6.01. The molecule has 0 saturated heterocycles. The Hall–Kier alpha value is -1.02. The van der Waals surface area contributed by atoms with Gasteiger partial charge in [-0.05, 0) is 6.07 Å². The van der Waals surface area contributed by atoms with Crippen LogP contribution in [0, 0.1) is 5.92 Å². The van der Waals surface area contributed by atoms with Crippen molar-refractivity contribution in [2.45, 2.75) is 13.0 Å². The van der Waals surface area contributed by atoms with Gasteiger partial charge in [0.25, 0.3) is 0 Å². The first kappa shape index (κ1) is 7.62. The van der Waals surface area contributed by atoms with E-state index in [4.69, 9.17) is 10.5 Å². The number of rotatable bonds is 0. The van der Waals surface area contributed by atoms with E-state index in [1.807, 2.05) is 24.3 Å². The van der Waals surface area contributed by atoms with Crippen molar-refractivity contribution < 1.29 is 4.74 Å². The number of hydrogen-bond donors (Lipinski definition) is 1. The molecular weight excluding hydrogens is 150 g/mol. The number of para-hydroxylation sites is 1. The van der Waals surface area contributed by atoms with Crippen LogP contribution in [0.1, 0.15) is 18.5 Å². The molecule has 2 unspecified atom stereocenters.